The van der Waals surface area contributed by atoms with Gasteiger partial charge in [0.1, 0.15) is 16.8 Å². The second-order valence-electron chi connectivity index (χ2n) is 6.43. The third kappa shape index (κ3) is 4.25. The smallest absolute Gasteiger partial charge is 0.135 e. The summed E-state index contributed by atoms with van der Waals surface area (Å²) in [5.74, 6) is 2.13. The Morgan fingerprint density at radius 1 is 1.20 bits per heavy atom. The van der Waals surface area contributed by atoms with E-state index in [2.05, 4.69) is 54.3 Å². The van der Waals surface area contributed by atoms with Crippen LogP contribution in [0.2, 0.25) is 5.15 Å². The SMILES string of the molecule is Clc1cc(NCc2ccc(Br)cc2N2CCOCC2)nc(C2CC2)n1. The van der Waals surface area contributed by atoms with Gasteiger partial charge in [-0.25, -0.2) is 9.97 Å². The van der Waals surface area contributed by atoms with Crippen LogP contribution >= 0.6 is 27.5 Å². The fourth-order valence-electron chi connectivity index (χ4n) is 3.02. The lowest BCUT2D eigenvalue weighted by Crippen LogP contribution is -2.36. The summed E-state index contributed by atoms with van der Waals surface area (Å²) in [6, 6.07) is 8.18. The minimum Gasteiger partial charge on any atom is -0.378 e. The Labute approximate surface area is 160 Å². The van der Waals surface area contributed by atoms with Crippen LogP contribution in [0.5, 0.6) is 0 Å². The van der Waals surface area contributed by atoms with Gasteiger partial charge >= 0.3 is 0 Å². The minimum atomic E-state index is 0.482. The molecule has 0 atom stereocenters. The van der Waals surface area contributed by atoms with Crippen LogP contribution in [0.3, 0.4) is 0 Å². The summed E-state index contributed by atoms with van der Waals surface area (Å²) in [5.41, 5.74) is 2.46. The van der Waals surface area contributed by atoms with Crippen LogP contribution in [-0.2, 0) is 11.3 Å². The average Bonchev–Trinajstić information content (AvgIpc) is 3.46. The molecule has 1 aromatic carbocycles. The highest BCUT2D eigenvalue weighted by Crippen LogP contribution is 2.38. The molecule has 1 aliphatic heterocycles. The number of hydrogen-bond donors (Lipinski definition) is 1. The Morgan fingerprint density at radius 2 is 2.00 bits per heavy atom. The number of halogens is 2. The van der Waals surface area contributed by atoms with E-state index in [0.717, 1.165) is 55.3 Å². The number of hydrogen-bond acceptors (Lipinski definition) is 5. The maximum absolute atomic E-state index is 6.16. The Morgan fingerprint density at radius 3 is 2.76 bits per heavy atom. The maximum atomic E-state index is 6.16. The van der Waals surface area contributed by atoms with Crippen molar-refractivity contribution in [2.24, 2.45) is 0 Å². The zero-order chi connectivity index (χ0) is 17.2. The van der Waals surface area contributed by atoms with Crippen molar-refractivity contribution in [2.75, 3.05) is 36.5 Å². The van der Waals surface area contributed by atoms with E-state index in [-0.39, 0.29) is 0 Å². The van der Waals surface area contributed by atoms with E-state index in [1.807, 2.05) is 0 Å². The second kappa shape index (κ2) is 7.48. The van der Waals surface area contributed by atoms with Crippen LogP contribution in [0.15, 0.2) is 28.7 Å². The van der Waals surface area contributed by atoms with Gasteiger partial charge in [-0.3, -0.25) is 0 Å². The lowest BCUT2D eigenvalue weighted by Gasteiger charge is -2.31. The minimum absolute atomic E-state index is 0.482. The van der Waals surface area contributed by atoms with E-state index < -0.39 is 0 Å². The Bertz CT molecular complexity index is 763. The van der Waals surface area contributed by atoms with E-state index in [4.69, 9.17) is 16.3 Å². The van der Waals surface area contributed by atoms with Crippen molar-refractivity contribution < 1.29 is 4.74 Å². The molecule has 0 unspecified atom stereocenters. The maximum Gasteiger partial charge on any atom is 0.135 e. The van der Waals surface area contributed by atoms with Crippen molar-refractivity contribution in [1.82, 2.24) is 9.97 Å². The third-order valence-corrected chi connectivity index (χ3v) is 5.20. The van der Waals surface area contributed by atoms with Crippen molar-refractivity contribution in [3.05, 3.63) is 45.3 Å². The van der Waals surface area contributed by atoms with Crippen molar-refractivity contribution in [3.8, 4) is 0 Å². The molecular formula is C18H20BrClN4O. The summed E-state index contributed by atoms with van der Waals surface area (Å²) in [6.45, 7) is 4.05. The molecule has 2 heterocycles. The number of nitrogens with one attached hydrogen (secondary N) is 1. The van der Waals surface area contributed by atoms with Gasteiger partial charge in [0.25, 0.3) is 0 Å². The van der Waals surface area contributed by atoms with E-state index in [0.29, 0.717) is 17.6 Å². The van der Waals surface area contributed by atoms with Gasteiger partial charge in [-0.15, -0.1) is 0 Å². The molecule has 132 valence electrons. The summed E-state index contributed by atoms with van der Waals surface area (Å²) in [5, 5.41) is 3.92. The largest absolute Gasteiger partial charge is 0.378 e. The summed E-state index contributed by atoms with van der Waals surface area (Å²) < 4.78 is 6.56. The van der Waals surface area contributed by atoms with Crippen LogP contribution in [0, 0.1) is 0 Å². The van der Waals surface area contributed by atoms with Crippen molar-refractivity contribution >= 4 is 39.0 Å². The van der Waals surface area contributed by atoms with Gasteiger partial charge in [0.2, 0.25) is 0 Å². The zero-order valence-corrected chi connectivity index (χ0v) is 16.2. The molecular weight excluding hydrogens is 404 g/mol. The summed E-state index contributed by atoms with van der Waals surface area (Å²) in [6.07, 6.45) is 2.32. The zero-order valence-electron chi connectivity index (χ0n) is 13.8. The first kappa shape index (κ1) is 17.1. The lowest BCUT2D eigenvalue weighted by atomic mass is 10.1. The fraction of sp³-hybridized carbons (Fsp3) is 0.444. The van der Waals surface area contributed by atoms with Gasteiger partial charge in [-0.2, -0.15) is 0 Å². The number of aromatic nitrogens is 2. The first-order valence-corrected chi connectivity index (χ1v) is 9.75. The molecule has 0 amide bonds. The molecule has 2 aromatic rings. The van der Waals surface area contributed by atoms with Gasteiger partial charge in [0.05, 0.1) is 13.2 Å². The molecule has 5 nitrogen and oxygen atoms in total. The van der Waals surface area contributed by atoms with Gasteiger partial charge in [-0.05, 0) is 30.5 Å². The monoisotopic (exact) mass is 422 g/mol. The number of morpholine rings is 1. The van der Waals surface area contributed by atoms with Crippen molar-refractivity contribution in [2.45, 2.75) is 25.3 Å². The summed E-state index contributed by atoms with van der Waals surface area (Å²) >= 11 is 9.74. The Hall–Kier alpha value is -1.37. The molecule has 1 saturated heterocycles. The first-order chi connectivity index (χ1) is 12.2. The molecule has 2 fully saturated rings. The molecule has 0 bridgehead atoms. The van der Waals surface area contributed by atoms with Crippen LogP contribution in [0.1, 0.15) is 30.1 Å². The summed E-state index contributed by atoms with van der Waals surface area (Å²) in [4.78, 5) is 11.3. The highest BCUT2D eigenvalue weighted by atomic mass is 79.9. The molecule has 1 aromatic heterocycles. The number of ether oxygens (including phenoxy) is 1. The van der Waals surface area contributed by atoms with Crippen LogP contribution < -0.4 is 10.2 Å². The molecule has 1 aliphatic carbocycles. The Kier molecular flexibility index (Phi) is 5.10. The number of benzene rings is 1. The highest BCUT2D eigenvalue weighted by Gasteiger charge is 2.27. The van der Waals surface area contributed by atoms with Gasteiger partial charge in [-0.1, -0.05) is 33.6 Å². The quantitative estimate of drug-likeness (QED) is 0.730. The molecule has 0 radical (unpaired) electrons. The Balaban J connectivity index is 1.52. The average molecular weight is 424 g/mol. The molecule has 25 heavy (non-hydrogen) atoms. The molecule has 7 heteroatoms. The van der Waals surface area contributed by atoms with Gasteiger partial charge in [0, 0.05) is 41.8 Å². The highest BCUT2D eigenvalue weighted by molar-refractivity contribution is 9.10. The van der Waals surface area contributed by atoms with Crippen molar-refractivity contribution in [3.63, 3.8) is 0 Å². The first-order valence-electron chi connectivity index (χ1n) is 8.58. The van der Waals surface area contributed by atoms with E-state index >= 15 is 0 Å². The predicted molar refractivity (Wildman–Crippen MR) is 104 cm³/mol. The molecule has 1 saturated carbocycles. The molecule has 4 rings (SSSR count). The van der Waals surface area contributed by atoms with Crippen molar-refractivity contribution in [1.29, 1.82) is 0 Å². The lowest BCUT2D eigenvalue weighted by molar-refractivity contribution is 0.122. The number of anilines is 2. The third-order valence-electron chi connectivity index (χ3n) is 4.51. The molecule has 0 spiro atoms. The topological polar surface area (TPSA) is 50.3 Å². The van der Waals surface area contributed by atoms with E-state index in [1.165, 1.54) is 11.3 Å². The molecule has 2 aliphatic rings. The molecule has 1 N–H and O–H groups in total. The summed E-state index contributed by atoms with van der Waals surface area (Å²) in [7, 11) is 0. The number of rotatable bonds is 5. The fourth-order valence-corrected chi connectivity index (χ4v) is 3.56. The van der Waals surface area contributed by atoms with E-state index in [9.17, 15) is 0 Å². The van der Waals surface area contributed by atoms with Gasteiger partial charge in [0.15, 0.2) is 0 Å². The van der Waals surface area contributed by atoms with E-state index in [1.54, 1.807) is 6.07 Å². The van der Waals surface area contributed by atoms with Crippen LogP contribution in [0.25, 0.3) is 0 Å². The predicted octanol–water partition coefficient (Wildman–Crippen LogP) is 4.22. The normalized spacial score (nSPS) is 17.6. The number of nitrogens with zero attached hydrogens (tertiary/aromatic N) is 3. The van der Waals surface area contributed by atoms with Gasteiger partial charge < -0.3 is 15.0 Å². The van der Waals surface area contributed by atoms with Crippen LogP contribution in [-0.4, -0.2) is 36.3 Å². The second-order valence-corrected chi connectivity index (χ2v) is 7.74. The standard InChI is InChI=1S/C18H20BrClN4O/c19-14-4-3-13(15(9-14)24-5-7-25-8-6-24)11-21-17-10-16(20)22-18(23-17)12-1-2-12/h3-4,9-10,12H,1-2,5-8,11H2,(H,21,22,23). The van der Waals surface area contributed by atoms with Crippen LogP contribution in [0.4, 0.5) is 11.5 Å².